The van der Waals surface area contributed by atoms with Gasteiger partial charge in [0, 0.05) is 24.3 Å². The first-order valence-electron chi connectivity index (χ1n) is 8.97. The number of carbonyl (C=O) groups is 1. The van der Waals surface area contributed by atoms with Gasteiger partial charge in [0.15, 0.2) is 0 Å². The summed E-state index contributed by atoms with van der Waals surface area (Å²) in [5, 5.41) is 0. The first-order chi connectivity index (χ1) is 12.9. The topological polar surface area (TPSA) is 75.7 Å². The molecule has 2 aromatic carbocycles. The van der Waals surface area contributed by atoms with E-state index < -0.39 is 10.0 Å². The summed E-state index contributed by atoms with van der Waals surface area (Å²) in [6.45, 7) is 3.27. The molecule has 0 radical (unpaired) electrons. The normalized spacial score (nSPS) is 14.7. The maximum atomic E-state index is 12.8. The molecular weight excluding hydrogens is 364 g/mol. The monoisotopic (exact) mass is 388 g/mol. The van der Waals surface area contributed by atoms with E-state index in [1.54, 1.807) is 42.3 Å². The largest absolute Gasteiger partial charge is 0.497 e. The number of rotatable bonds is 5. The van der Waals surface area contributed by atoms with Gasteiger partial charge in [0.05, 0.1) is 12.0 Å². The number of aryl methyl sites for hydroxylation is 1. The van der Waals surface area contributed by atoms with Crippen LogP contribution in [0.15, 0.2) is 47.4 Å². The van der Waals surface area contributed by atoms with E-state index in [2.05, 4.69) is 4.72 Å². The summed E-state index contributed by atoms with van der Waals surface area (Å²) in [6.07, 6.45) is 3.10. The molecule has 0 aliphatic carbocycles. The summed E-state index contributed by atoms with van der Waals surface area (Å²) in [5.74, 6) is 0.538. The van der Waals surface area contributed by atoms with Gasteiger partial charge in [0.1, 0.15) is 5.75 Å². The minimum Gasteiger partial charge on any atom is -0.497 e. The molecule has 6 nitrogen and oxygen atoms in total. The van der Waals surface area contributed by atoms with Crippen LogP contribution in [0, 0.1) is 6.92 Å². The summed E-state index contributed by atoms with van der Waals surface area (Å²) >= 11 is 0. The second-order valence-electron chi connectivity index (χ2n) is 6.66. The quantitative estimate of drug-likeness (QED) is 0.851. The summed E-state index contributed by atoms with van der Waals surface area (Å²) in [5.41, 5.74) is 1.64. The van der Waals surface area contributed by atoms with Crippen LogP contribution < -0.4 is 9.46 Å². The zero-order valence-corrected chi connectivity index (χ0v) is 16.4. The van der Waals surface area contributed by atoms with Gasteiger partial charge in [-0.25, -0.2) is 8.42 Å². The van der Waals surface area contributed by atoms with E-state index in [-0.39, 0.29) is 10.8 Å². The van der Waals surface area contributed by atoms with Crippen molar-refractivity contribution in [1.82, 2.24) is 4.90 Å². The van der Waals surface area contributed by atoms with Gasteiger partial charge in [0.25, 0.3) is 15.9 Å². The van der Waals surface area contributed by atoms with Crippen LogP contribution >= 0.6 is 0 Å². The number of methoxy groups -OCH3 is 1. The number of carbonyl (C=O) groups excluding carboxylic acids is 1. The number of anilines is 1. The van der Waals surface area contributed by atoms with Gasteiger partial charge in [-0.1, -0.05) is 6.07 Å². The van der Waals surface area contributed by atoms with E-state index in [9.17, 15) is 13.2 Å². The molecule has 3 rings (SSSR count). The number of likely N-dealkylation sites (tertiary alicyclic amines) is 1. The van der Waals surface area contributed by atoms with Crippen molar-refractivity contribution in [2.75, 3.05) is 24.9 Å². The highest BCUT2D eigenvalue weighted by atomic mass is 32.2. The third kappa shape index (κ3) is 4.42. The van der Waals surface area contributed by atoms with Crippen molar-refractivity contribution in [3.05, 3.63) is 53.6 Å². The molecule has 1 saturated heterocycles. The van der Waals surface area contributed by atoms with Crippen LogP contribution in [0.2, 0.25) is 0 Å². The number of piperidine rings is 1. The first-order valence-corrected chi connectivity index (χ1v) is 10.5. The minimum atomic E-state index is -3.80. The molecule has 7 heteroatoms. The lowest BCUT2D eigenvalue weighted by atomic mass is 10.1. The Morgan fingerprint density at radius 2 is 1.70 bits per heavy atom. The van der Waals surface area contributed by atoms with E-state index in [1.165, 1.54) is 12.1 Å². The molecule has 1 heterocycles. The second-order valence-corrected chi connectivity index (χ2v) is 8.35. The number of benzene rings is 2. The lowest BCUT2D eigenvalue weighted by Gasteiger charge is -2.27. The Kier molecular flexibility index (Phi) is 5.70. The van der Waals surface area contributed by atoms with Crippen molar-refractivity contribution >= 4 is 21.6 Å². The molecule has 27 heavy (non-hydrogen) atoms. The Bertz CT molecular complexity index is 917. The molecule has 144 valence electrons. The van der Waals surface area contributed by atoms with Gasteiger partial charge in [-0.05, 0) is 68.1 Å². The maximum Gasteiger partial charge on any atom is 0.261 e. The number of nitrogens with one attached hydrogen (secondary N) is 1. The smallest absolute Gasteiger partial charge is 0.261 e. The van der Waals surface area contributed by atoms with Crippen molar-refractivity contribution in [3.8, 4) is 5.75 Å². The average molecular weight is 388 g/mol. The molecule has 0 saturated carbocycles. The number of hydrogen-bond acceptors (Lipinski definition) is 4. The summed E-state index contributed by atoms with van der Waals surface area (Å²) < 4.78 is 33.1. The molecule has 1 fully saturated rings. The van der Waals surface area contributed by atoms with Crippen molar-refractivity contribution in [3.63, 3.8) is 0 Å². The zero-order chi connectivity index (χ0) is 19.4. The Hall–Kier alpha value is -2.54. The van der Waals surface area contributed by atoms with Gasteiger partial charge in [0.2, 0.25) is 0 Å². The Morgan fingerprint density at radius 3 is 2.33 bits per heavy atom. The molecule has 1 N–H and O–H groups in total. The average Bonchev–Trinajstić information content (AvgIpc) is 2.68. The minimum absolute atomic E-state index is 0.0734. The molecule has 0 unspecified atom stereocenters. The van der Waals surface area contributed by atoms with E-state index in [1.807, 2.05) is 6.92 Å². The highest BCUT2D eigenvalue weighted by molar-refractivity contribution is 7.92. The number of ether oxygens (including phenoxy) is 1. The van der Waals surface area contributed by atoms with E-state index in [0.29, 0.717) is 17.0 Å². The Morgan fingerprint density at radius 1 is 1.04 bits per heavy atom. The van der Waals surface area contributed by atoms with Crippen LogP contribution in [0.1, 0.15) is 35.2 Å². The fraction of sp³-hybridized carbons (Fsp3) is 0.350. The number of hydrogen-bond donors (Lipinski definition) is 1. The molecule has 1 aliphatic rings. The third-order valence-corrected chi connectivity index (χ3v) is 6.11. The standard InChI is InChI=1S/C20H24N2O4S/c1-15-6-11-18(14-19(15)20(23)22-12-4-3-5-13-22)27(24,25)21-16-7-9-17(26-2)10-8-16/h6-11,14,21H,3-5,12-13H2,1-2H3. The van der Waals surface area contributed by atoms with Crippen LogP contribution in [-0.4, -0.2) is 39.4 Å². The van der Waals surface area contributed by atoms with Crippen molar-refractivity contribution < 1.29 is 17.9 Å². The molecule has 1 amide bonds. The van der Waals surface area contributed by atoms with Gasteiger partial charge in [-0.2, -0.15) is 0 Å². The van der Waals surface area contributed by atoms with Crippen molar-refractivity contribution in [1.29, 1.82) is 0 Å². The van der Waals surface area contributed by atoms with Crippen LogP contribution in [0.3, 0.4) is 0 Å². The zero-order valence-electron chi connectivity index (χ0n) is 15.6. The number of nitrogens with zero attached hydrogens (tertiary/aromatic N) is 1. The van der Waals surface area contributed by atoms with Gasteiger partial charge in [-0.15, -0.1) is 0 Å². The SMILES string of the molecule is COc1ccc(NS(=O)(=O)c2ccc(C)c(C(=O)N3CCCCC3)c2)cc1. The van der Waals surface area contributed by atoms with E-state index in [4.69, 9.17) is 4.74 Å². The molecule has 0 aromatic heterocycles. The molecule has 1 aliphatic heterocycles. The molecule has 0 spiro atoms. The van der Waals surface area contributed by atoms with E-state index in [0.717, 1.165) is 37.9 Å². The first kappa shape index (κ1) is 19.2. The van der Waals surface area contributed by atoms with Gasteiger partial charge >= 0.3 is 0 Å². The lowest BCUT2D eigenvalue weighted by molar-refractivity contribution is 0.0723. The van der Waals surface area contributed by atoms with Crippen molar-refractivity contribution in [2.24, 2.45) is 0 Å². The van der Waals surface area contributed by atoms with Crippen molar-refractivity contribution in [2.45, 2.75) is 31.1 Å². The molecule has 0 bridgehead atoms. The Balaban J connectivity index is 1.85. The van der Waals surface area contributed by atoms with Crippen LogP contribution in [-0.2, 0) is 10.0 Å². The summed E-state index contributed by atoms with van der Waals surface area (Å²) in [7, 11) is -2.25. The van der Waals surface area contributed by atoms with Crippen LogP contribution in [0.25, 0.3) is 0 Å². The highest BCUT2D eigenvalue weighted by Crippen LogP contribution is 2.23. The van der Waals surface area contributed by atoms with Gasteiger partial charge in [-0.3, -0.25) is 9.52 Å². The third-order valence-electron chi connectivity index (χ3n) is 4.74. The predicted molar refractivity (Wildman–Crippen MR) is 105 cm³/mol. The predicted octanol–water partition coefficient (Wildman–Crippen LogP) is 3.43. The molecular formula is C20H24N2O4S. The fourth-order valence-electron chi connectivity index (χ4n) is 3.14. The lowest BCUT2D eigenvalue weighted by Crippen LogP contribution is -2.36. The fourth-order valence-corrected chi connectivity index (χ4v) is 4.22. The second kappa shape index (κ2) is 8.00. The molecule has 0 atom stereocenters. The van der Waals surface area contributed by atoms with Gasteiger partial charge < -0.3 is 9.64 Å². The van der Waals surface area contributed by atoms with Crippen LogP contribution in [0.4, 0.5) is 5.69 Å². The Labute approximate surface area is 160 Å². The number of amides is 1. The molecule has 2 aromatic rings. The number of sulfonamides is 1. The van der Waals surface area contributed by atoms with E-state index >= 15 is 0 Å². The van der Waals surface area contributed by atoms with Crippen LogP contribution in [0.5, 0.6) is 5.75 Å². The highest BCUT2D eigenvalue weighted by Gasteiger charge is 2.22. The summed E-state index contributed by atoms with van der Waals surface area (Å²) in [6, 6.07) is 11.3. The maximum absolute atomic E-state index is 12.8. The summed E-state index contributed by atoms with van der Waals surface area (Å²) in [4.78, 5) is 14.7.